The van der Waals surface area contributed by atoms with Crippen molar-refractivity contribution in [1.29, 1.82) is 0 Å². The summed E-state index contributed by atoms with van der Waals surface area (Å²) in [5.74, 6) is 0.579. The molecular formula is C39H48N4O4. The zero-order chi connectivity index (χ0) is 33.5. The SMILES string of the molecule is Cc1ccc2c(c1)-c1cccc(c1)-c1cc3nc(C)c([C@H](OC(C)(C)C)C(=O)O)c(n3n1)N1CCC(C)(CC/C=C/C[C@H](C)O2)CC1. The molecule has 6 bridgehead atoms. The van der Waals surface area contributed by atoms with Crippen molar-refractivity contribution >= 4 is 17.4 Å². The van der Waals surface area contributed by atoms with Gasteiger partial charge in [-0.2, -0.15) is 9.61 Å². The summed E-state index contributed by atoms with van der Waals surface area (Å²) >= 11 is 0. The Bertz CT molecular complexity index is 1810. The van der Waals surface area contributed by atoms with Gasteiger partial charge in [-0.25, -0.2) is 9.78 Å². The van der Waals surface area contributed by atoms with Gasteiger partial charge in [0.25, 0.3) is 0 Å². The van der Waals surface area contributed by atoms with E-state index in [1.807, 2.05) is 44.3 Å². The van der Waals surface area contributed by atoms with E-state index >= 15 is 0 Å². The number of hydrogen-bond acceptors (Lipinski definition) is 6. The predicted octanol–water partition coefficient (Wildman–Crippen LogP) is 8.73. The number of aromatic nitrogens is 3. The normalized spacial score (nSPS) is 21.7. The second-order valence-corrected chi connectivity index (χ2v) is 14.7. The molecule has 2 aromatic heterocycles. The quantitative estimate of drug-likeness (QED) is 0.225. The molecule has 4 aromatic rings. The van der Waals surface area contributed by atoms with E-state index in [2.05, 4.69) is 74.2 Å². The number of aryl methyl sites for hydroxylation is 2. The van der Waals surface area contributed by atoms with Crippen LogP contribution in [0.4, 0.5) is 5.82 Å². The zero-order valence-corrected chi connectivity index (χ0v) is 28.8. The lowest BCUT2D eigenvalue weighted by Crippen LogP contribution is -2.41. The number of aliphatic carboxylic acids is 1. The van der Waals surface area contributed by atoms with Crippen LogP contribution in [-0.2, 0) is 9.53 Å². The first-order chi connectivity index (χ1) is 22.3. The van der Waals surface area contributed by atoms with Gasteiger partial charge in [0.05, 0.1) is 23.0 Å². The van der Waals surface area contributed by atoms with E-state index in [-0.39, 0.29) is 11.5 Å². The summed E-state index contributed by atoms with van der Waals surface area (Å²) in [4.78, 5) is 20.1. The minimum atomic E-state index is -1.19. The Kier molecular flexibility index (Phi) is 8.92. The molecule has 5 heterocycles. The molecule has 1 fully saturated rings. The van der Waals surface area contributed by atoms with Crippen molar-refractivity contribution in [3.05, 3.63) is 77.5 Å². The Morgan fingerprint density at radius 3 is 2.51 bits per heavy atom. The summed E-state index contributed by atoms with van der Waals surface area (Å²) in [5, 5.41) is 15.6. The van der Waals surface area contributed by atoms with Gasteiger partial charge in [-0.3, -0.25) is 0 Å². The highest BCUT2D eigenvalue weighted by molar-refractivity contribution is 5.80. The fourth-order valence-electron chi connectivity index (χ4n) is 6.88. The molecule has 0 amide bonds. The smallest absolute Gasteiger partial charge is 0.337 e. The molecule has 3 aliphatic heterocycles. The fourth-order valence-corrected chi connectivity index (χ4v) is 6.88. The van der Waals surface area contributed by atoms with Crippen LogP contribution < -0.4 is 9.64 Å². The van der Waals surface area contributed by atoms with Crippen molar-refractivity contribution in [3.8, 4) is 28.1 Å². The lowest BCUT2D eigenvalue weighted by molar-refractivity contribution is -0.160. The number of benzene rings is 2. The molecule has 8 nitrogen and oxygen atoms in total. The number of carbonyl (C=O) groups is 1. The van der Waals surface area contributed by atoms with Crippen molar-refractivity contribution in [2.45, 2.75) is 98.4 Å². The highest BCUT2D eigenvalue weighted by Gasteiger charge is 2.37. The summed E-state index contributed by atoms with van der Waals surface area (Å²) in [6.45, 7) is 15.7. The Morgan fingerprint density at radius 2 is 1.79 bits per heavy atom. The number of allylic oxidation sites excluding steroid dienone is 1. The molecule has 0 radical (unpaired) electrons. The second kappa shape index (κ2) is 12.8. The molecule has 7 rings (SSSR count). The maximum atomic E-state index is 12.8. The molecule has 1 N–H and O–H groups in total. The molecule has 1 saturated heterocycles. The molecule has 2 atom stereocenters. The standard InChI is InChI=1S/C39H48N4O4/c1-25-15-16-32-30(22-25)28-13-11-14-29(23-28)31-24-33-40-27(3)34(35(37(44)45)47-38(4,5)6)36(43(33)41-31)42-20-18-39(7,19-21-42)17-10-8-9-12-26(2)46-32/h8-9,11,13-16,22-24,26,35H,10,12,17-21H2,1-7H3,(H,44,45)/b9-8+/t26-,35-/m0/s1. The third-order valence-corrected chi connectivity index (χ3v) is 9.51. The Balaban J connectivity index is 1.55. The first kappa shape index (κ1) is 32.8. The fraction of sp³-hybridized carbons (Fsp3) is 0.462. The van der Waals surface area contributed by atoms with Crippen LogP contribution in [0.5, 0.6) is 5.75 Å². The van der Waals surface area contributed by atoms with Crippen LogP contribution in [-0.4, -0.2) is 50.5 Å². The summed E-state index contributed by atoms with van der Waals surface area (Å²) in [6.07, 6.45) is 8.35. The Labute approximate surface area is 278 Å². The number of ether oxygens (including phenoxy) is 2. The van der Waals surface area contributed by atoms with Crippen molar-refractivity contribution in [2.24, 2.45) is 5.41 Å². The van der Waals surface area contributed by atoms with E-state index in [0.29, 0.717) is 16.9 Å². The Morgan fingerprint density at radius 1 is 1.04 bits per heavy atom. The van der Waals surface area contributed by atoms with Gasteiger partial charge in [0.15, 0.2) is 11.8 Å². The average Bonchev–Trinajstić information content (AvgIpc) is 3.43. The highest BCUT2D eigenvalue weighted by atomic mass is 16.5. The second-order valence-electron chi connectivity index (χ2n) is 14.7. The van der Waals surface area contributed by atoms with E-state index in [0.717, 1.165) is 84.7 Å². The Hall–Kier alpha value is -4.17. The lowest BCUT2D eigenvalue weighted by atomic mass is 9.76. The van der Waals surface area contributed by atoms with Gasteiger partial charge in [0, 0.05) is 42.4 Å². The van der Waals surface area contributed by atoms with Crippen LogP contribution in [0.2, 0.25) is 0 Å². The number of rotatable bonds is 3. The van der Waals surface area contributed by atoms with Crippen molar-refractivity contribution in [2.75, 3.05) is 18.0 Å². The third kappa shape index (κ3) is 7.08. The van der Waals surface area contributed by atoms with Gasteiger partial charge >= 0.3 is 5.97 Å². The van der Waals surface area contributed by atoms with Crippen LogP contribution in [0.15, 0.2) is 60.7 Å². The van der Waals surface area contributed by atoms with Crippen molar-refractivity contribution in [1.82, 2.24) is 14.6 Å². The lowest BCUT2D eigenvalue weighted by Gasteiger charge is -2.41. The van der Waals surface area contributed by atoms with Crippen LogP contribution in [0.3, 0.4) is 0 Å². The largest absolute Gasteiger partial charge is 0.490 e. The van der Waals surface area contributed by atoms with Crippen molar-refractivity contribution < 1.29 is 19.4 Å². The van der Waals surface area contributed by atoms with E-state index in [1.165, 1.54) is 0 Å². The van der Waals surface area contributed by atoms with E-state index in [4.69, 9.17) is 19.6 Å². The molecule has 2 aromatic carbocycles. The van der Waals surface area contributed by atoms with E-state index < -0.39 is 17.7 Å². The molecular weight excluding hydrogens is 588 g/mol. The predicted molar refractivity (Wildman–Crippen MR) is 187 cm³/mol. The summed E-state index contributed by atoms with van der Waals surface area (Å²) in [6, 6.07) is 16.7. The van der Waals surface area contributed by atoms with E-state index in [1.54, 1.807) is 0 Å². The van der Waals surface area contributed by atoms with Crippen molar-refractivity contribution in [3.63, 3.8) is 0 Å². The third-order valence-electron chi connectivity index (χ3n) is 9.51. The monoisotopic (exact) mass is 636 g/mol. The molecule has 248 valence electrons. The minimum absolute atomic E-state index is 0.0394. The van der Waals surface area contributed by atoms with Crippen LogP contribution in [0, 0.1) is 19.3 Å². The van der Waals surface area contributed by atoms with Crippen LogP contribution in [0.1, 0.15) is 89.6 Å². The maximum absolute atomic E-state index is 12.8. The molecule has 0 unspecified atom stereocenters. The zero-order valence-electron chi connectivity index (χ0n) is 28.8. The number of hydrogen-bond donors (Lipinski definition) is 1. The van der Waals surface area contributed by atoms with Crippen LogP contribution in [0.25, 0.3) is 28.0 Å². The number of fused-ring (bicyclic) bond motifs is 7. The van der Waals surface area contributed by atoms with Gasteiger partial charge in [-0.1, -0.05) is 48.9 Å². The average molecular weight is 637 g/mol. The molecule has 0 aliphatic carbocycles. The number of anilines is 1. The molecule has 47 heavy (non-hydrogen) atoms. The summed E-state index contributed by atoms with van der Waals surface area (Å²) < 4.78 is 14.6. The first-order valence-electron chi connectivity index (χ1n) is 16.9. The summed E-state index contributed by atoms with van der Waals surface area (Å²) in [7, 11) is 0. The van der Waals surface area contributed by atoms with Gasteiger partial charge in [-0.15, -0.1) is 0 Å². The topological polar surface area (TPSA) is 89.2 Å². The molecule has 3 aliphatic rings. The highest BCUT2D eigenvalue weighted by Crippen LogP contribution is 2.42. The number of carboxylic acid groups (broad SMARTS) is 1. The first-order valence-corrected chi connectivity index (χ1v) is 16.9. The molecule has 0 saturated carbocycles. The number of nitrogens with zero attached hydrogens (tertiary/aromatic N) is 4. The molecule has 8 heteroatoms. The maximum Gasteiger partial charge on any atom is 0.337 e. The van der Waals surface area contributed by atoms with Crippen LogP contribution >= 0.6 is 0 Å². The van der Waals surface area contributed by atoms with Gasteiger partial charge < -0.3 is 19.5 Å². The van der Waals surface area contributed by atoms with Gasteiger partial charge in [-0.05, 0) is 96.4 Å². The number of carboxylic acids is 1. The number of piperidine rings is 1. The minimum Gasteiger partial charge on any atom is -0.490 e. The molecule has 0 spiro atoms. The van der Waals surface area contributed by atoms with Gasteiger partial charge in [0.2, 0.25) is 0 Å². The van der Waals surface area contributed by atoms with Gasteiger partial charge in [0.1, 0.15) is 11.6 Å². The van der Waals surface area contributed by atoms with E-state index in [9.17, 15) is 9.90 Å². The summed E-state index contributed by atoms with van der Waals surface area (Å²) in [5.41, 5.74) is 6.35.